The summed E-state index contributed by atoms with van der Waals surface area (Å²) < 4.78 is 6.84. The normalized spacial score (nSPS) is 16.5. The molecule has 0 atom stereocenters. The van der Waals surface area contributed by atoms with Crippen molar-refractivity contribution in [3.05, 3.63) is 11.6 Å². The molecule has 0 spiro atoms. The summed E-state index contributed by atoms with van der Waals surface area (Å²) in [5.74, 6) is 3.05. The van der Waals surface area contributed by atoms with Gasteiger partial charge in [-0.15, -0.1) is 10.2 Å². The lowest BCUT2D eigenvalue weighted by molar-refractivity contribution is 0.0504. The molecule has 106 valence electrons. The van der Waals surface area contributed by atoms with Gasteiger partial charge in [0.2, 0.25) is 5.82 Å². The zero-order chi connectivity index (χ0) is 13.7. The van der Waals surface area contributed by atoms with Crippen LogP contribution in [-0.4, -0.2) is 63.4 Å². The second kappa shape index (κ2) is 6.91. The van der Waals surface area contributed by atoms with Crippen molar-refractivity contribution in [2.75, 3.05) is 37.7 Å². The first-order valence-electron chi connectivity index (χ1n) is 6.59. The molecule has 1 fully saturated rings. The van der Waals surface area contributed by atoms with Crippen LogP contribution in [0.2, 0.25) is 0 Å². The fraction of sp³-hybridized carbons (Fsp3) is 0.750. The molecule has 0 aliphatic carbocycles. The predicted molar refractivity (Wildman–Crippen MR) is 74.5 cm³/mol. The predicted octanol–water partition coefficient (Wildman–Crippen LogP) is 0.812. The van der Waals surface area contributed by atoms with Crippen LogP contribution in [-0.2, 0) is 11.3 Å². The Labute approximate surface area is 117 Å². The third-order valence-corrected chi connectivity index (χ3v) is 4.08. The first-order valence-corrected chi connectivity index (χ1v) is 7.75. The maximum Gasteiger partial charge on any atom is 0.376 e. The quantitative estimate of drug-likeness (QED) is 0.746. The van der Waals surface area contributed by atoms with E-state index in [0.29, 0.717) is 12.4 Å². The van der Waals surface area contributed by atoms with E-state index in [1.54, 1.807) is 6.92 Å². The summed E-state index contributed by atoms with van der Waals surface area (Å²) >= 11 is 1.99. The number of esters is 1. The molecule has 2 heterocycles. The lowest BCUT2D eigenvalue weighted by Crippen LogP contribution is -2.35. The Kier molecular flexibility index (Phi) is 5.21. The van der Waals surface area contributed by atoms with Crippen LogP contribution in [0, 0.1) is 6.92 Å². The molecule has 0 saturated carbocycles. The number of carbonyl (C=O) groups excluding carboxylic acids is 1. The van der Waals surface area contributed by atoms with Crippen LogP contribution < -0.4 is 0 Å². The van der Waals surface area contributed by atoms with E-state index in [4.69, 9.17) is 4.74 Å². The van der Waals surface area contributed by atoms with Crippen LogP contribution in [0.5, 0.6) is 0 Å². The van der Waals surface area contributed by atoms with Crippen LogP contribution in [0.4, 0.5) is 0 Å². The van der Waals surface area contributed by atoms with Gasteiger partial charge in [0, 0.05) is 37.7 Å². The molecule has 0 bridgehead atoms. The molecule has 6 nitrogen and oxygen atoms in total. The number of aromatic nitrogens is 3. The van der Waals surface area contributed by atoms with Crippen LogP contribution >= 0.6 is 11.8 Å². The zero-order valence-electron chi connectivity index (χ0n) is 11.5. The maximum atomic E-state index is 11.8. The molecular formula is C12H20N4O2S. The molecule has 0 aromatic carbocycles. The number of aryl methyl sites for hydroxylation is 1. The first-order chi connectivity index (χ1) is 9.22. The van der Waals surface area contributed by atoms with E-state index in [9.17, 15) is 4.79 Å². The van der Waals surface area contributed by atoms with Gasteiger partial charge in [0.1, 0.15) is 5.82 Å². The molecular weight excluding hydrogens is 264 g/mol. The minimum Gasteiger partial charge on any atom is -0.460 e. The Morgan fingerprint density at radius 2 is 2.05 bits per heavy atom. The van der Waals surface area contributed by atoms with Crippen molar-refractivity contribution >= 4 is 17.7 Å². The minimum atomic E-state index is -0.391. The van der Waals surface area contributed by atoms with E-state index in [-0.39, 0.29) is 0 Å². The van der Waals surface area contributed by atoms with Gasteiger partial charge in [0.25, 0.3) is 0 Å². The molecule has 0 N–H and O–H groups in total. The van der Waals surface area contributed by atoms with E-state index in [1.807, 2.05) is 23.3 Å². The van der Waals surface area contributed by atoms with Gasteiger partial charge in [-0.2, -0.15) is 11.8 Å². The van der Waals surface area contributed by atoms with E-state index < -0.39 is 5.97 Å². The highest BCUT2D eigenvalue weighted by molar-refractivity contribution is 7.99. The molecule has 19 heavy (non-hydrogen) atoms. The number of hydrogen-bond acceptors (Lipinski definition) is 6. The molecule has 1 saturated heterocycles. The summed E-state index contributed by atoms with van der Waals surface area (Å²) in [7, 11) is 0. The number of carbonyl (C=O) groups is 1. The van der Waals surface area contributed by atoms with Crippen LogP contribution in [0.3, 0.4) is 0 Å². The largest absolute Gasteiger partial charge is 0.460 e. The molecule has 1 aliphatic heterocycles. The van der Waals surface area contributed by atoms with Gasteiger partial charge in [0.15, 0.2) is 0 Å². The van der Waals surface area contributed by atoms with E-state index >= 15 is 0 Å². The van der Waals surface area contributed by atoms with Gasteiger partial charge in [-0.1, -0.05) is 0 Å². The van der Waals surface area contributed by atoms with Crippen LogP contribution in [0.15, 0.2) is 0 Å². The number of nitrogens with zero attached hydrogens (tertiary/aromatic N) is 4. The van der Waals surface area contributed by atoms with Crippen molar-refractivity contribution in [3.63, 3.8) is 0 Å². The summed E-state index contributed by atoms with van der Waals surface area (Å²) in [6.45, 7) is 7.89. The molecule has 0 amide bonds. The van der Waals surface area contributed by atoms with Gasteiger partial charge in [-0.25, -0.2) is 4.79 Å². The Bertz CT molecular complexity index is 429. The van der Waals surface area contributed by atoms with Crippen molar-refractivity contribution in [1.29, 1.82) is 0 Å². The average molecular weight is 284 g/mol. The Hall–Kier alpha value is -1.08. The van der Waals surface area contributed by atoms with Crippen molar-refractivity contribution in [1.82, 2.24) is 19.7 Å². The molecule has 2 rings (SSSR count). The maximum absolute atomic E-state index is 11.8. The smallest absolute Gasteiger partial charge is 0.376 e. The molecule has 7 heteroatoms. The summed E-state index contributed by atoms with van der Waals surface area (Å²) in [6, 6.07) is 0. The van der Waals surface area contributed by atoms with Gasteiger partial charge < -0.3 is 9.30 Å². The third-order valence-electron chi connectivity index (χ3n) is 3.14. The van der Waals surface area contributed by atoms with Crippen molar-refractivity contribution in [3.8, 4) is 0 Å². The summed E-state index contributed by atoms with van der Waals surface area (Å²) in [5, 5.41) is 7.89. The highest BCUT2D eigenvalue weighted by Gasteiger charge is 2.19. The lowest BCUT2D eigenvalue weighted by Gasteiger charge is -2.26. The highest BCUT2D eigenvalue weighted by atomic mass is 32.2. The third kappa shape index (κ3) is 3.70. The van der Waals surface area contributed by atoms with Crippen molar-refractivity contribution in [2.45, 2.75) is 20.4 Å². The van der Waals surface area contributed by atoms with Crippen LogP contribution in [0.1, 0.15) is 23.4 Å². The van der Waals surface area contributed by atoms with Gasteiger partial charge in [-0.3, -0.25) is 4.90 Å². The lowest BCUT2D eigenvalue weighted by atomic mass is 10.4. The molecule has 0 radical (unpaired) electrons. The fourth-order valence-corrected chi connectivity index (χ4v) is 3.04. The minimum absolute atomic E-state index is 0.311. The van der Waals surface area contributed by atoms with Crippen molar-refractivity contribution in [2.24, 2.45) is 0 Å². The summed E-state index contributed by atoms with van der Waals surface area (Å²) in [6.07, 6.45) is 0. The number of rotatable bonds is 5. The van der Waals surface area contributed by atoms with Gasteiger partial charge in [-0.05, 0) is 13.8 Å². The van der Waals surface area contributed by atoms with E-state index in [2.05, 4.69) is 15.1 Å². The van der Waals surface area contributed by atoms with Crippen molar-refractivity contribution < 1.29 is 9.53 Å². The van der Waals surface area contributed by atoms with E-state index in [1.165, 1.54) is 11.5 Å². The molecule has 1 aliphatic rings. The van der Waals surface area contributed by atoms with E-state index in [0.717, 1.165) is 32.0 Å². The first kappa shape index (κ1) is 14.3. The number of ether oxygens (including phenoxy) is 1. The molecule has 1 aromatic rings. The Morgan fingerprint density at radius 3 is 2.74 bits per heavy atom. The standard InChI is InChI=1S/C12H20N4O2S/c1-3-18-12(17)11-14-13-10(2)16(11)5-4-15-6-8-19-9-7-15/h3-9H2,1-2H3. The summed E-state index contributed by atoms with van der Waals surface area (Å²) in [4.78, 5) is 14.2. The van der Waals surface area contributed by atoms with Crippen LogP contribution in [0.25, 0.3) is 0 Å². The molecule has 0 unspecified atom stereocenters. The van der Waals surface area contributed by atoms with Gasteiger partial charge in [0.05, 0.1) is 6.61 Å². The Morgan fingerprint density at radius 1 is 1.32 bits per heavy atom. The topological polar surface area (TPSA) is 60.2 Å². The SMILES string of the molecule is CCOC(=O)c1nnc(C)n1CCN1CCSCC1. The summed E-state index contributed by atoms with van der Waals surface area (Å²) in [5.41, 5.74) is 0. The van der Waals surface area contributed by atoms with Gasteiger partial charge >= 0.3 is 5.97 Å². The second-order valence-corrected chi connectivity index (χ2v) is 5.62. The molecule has 1 aromatic heterocycles. The second-order valence-electron chi connectivity index (χ2n) is 4.40. The number of thioether (sulfide) groups is 1. The Balaban J connectivity index is 1.98. The number of hydrogen-bond donors (Lipinski definition) is 0. The highest BCUT2D eigenvalue weighted by Crippen LogP contribution is 2.10. The fourth-order valence-electron chi connectivity index (χ4n) is 2.06. The monoisotopic (exact) mass is 284 g/mol. The average Bonchev–Trinajstić information content (AvgIpc) is 2.79. The zero-order valence-corrected chi connectivity index (χ0v) is 12.3.